The number of nitrogens with zero attached hydrogens (tertiary/aromatic N) is 2. The molecular weight excluding hydrogens is 150 g/mol. The van der Waals surface area contributed by atoms with Crippen molar-refractivity contribution in [2.45, 2.75) is 0 Å². The highest BCUT2D eigenvalue weighted by molar-refractivity contribution is 5.53. The molecule has 0 saturated heterocycles. The van der Waals surface area contributed by atoms with Crippen molar-refractivity contribution < 1.29 is 9.84 Å². The molecular formula is C4H7N5O2. The fourth-order valence-electron chi connectivity index (χ4n) is 0.553. The fraction of sp³-hybridized carbons (Fsp3) is 0. The van der Waals surface area contributed by atoms with E-state index in [2.05, 4.69) is 4.98 Å². The summed E-state index contributed by atoms with van der Waals surface area (Å²) in [6, 6.07) is 0. The van der Waals surface area contributed by atoms with Gasteiger partial charge in [-0.3, -0.25) is 0 Å². The van der Waals surface area contributed by atoms with Gasteiger partial charge in [0.15, 0.2) is 0 Å². The van der Waals surface area contributed by atoms with Gasteiger partial charge in [0.05, 0.1) is 0 Å². The monoisotopic (exact) mass is 157 g/mol. The second kappa shape index (κ2) is 2.04. The van der Waals surface area contributed by atoms with Crippen LogP contribution in [0.3, 0.4) is 0 Å². The minimum atomic E-state index is -0.619. The average Bonchev–Trinajstić information content (AvgIpc) is 1.97. The molecule has 0 aliphatic rings. The van der Waals surface area contributed by atoms with Gasteiger partial charge in [0.25, 0.3) is 17.5 Å². The van der Waals surface area contributed by atoms with Gasteiger partial charge in [-0.15, -0.1) is 0 Å². The van der Waals surface area contributed by atoms with Crippen molar-refractivity contribution in [2.24, 2.45) is 0 Å². The first-order chi connectivity index (χ1) is 5.04. The van der Waals surface area contributed by atoms with Gasteiger partial charge in [-0.25, -0.2) is 4.73 Å². The number of nitrogen functional groups attached to an aromatic ring is 3. The molecule has 1 rings (SSSR count). The molecule has 0 aliphatic carbocycles. The van der Waals surface area contributed by atoms with E-state index in [4.69, 9.17) is 22.3 Å². The second-order valence-corrected chi connectivity index (χ2v) is 1.89. The lowest BCUT2D eigenvalue weighted by Crippen LogP contribution is -2.35. The summed E-state index contributed by atoms with van der Waals surface area (Å²) in [5.74, 6) is -1.64. The van der Waals surface area contributed by atoms with Crippen LogP contribution < -0.4 is 21.9 Å². The van der Waals surface area contributed by atoms with Gasteiger partial charge >= 0.3 is 0 Å². The van der Waals surface area contributed by atoms with Crippen LogP contribution in [-0.4, -0.2) is 10.1 Å². The zero-order chi connectivity index (χ0) is 8.59. The molecule has 1 heterocycles. The molecule has 0 amide bonds. The van der Waals surface area contributed by atoms with Gasteiger partial charge in [-0.1, -0.05) is 0 Å². The SMILES string of the molecule is Nc1nc(O)c(N)[n+]([O-])c1N. The predicted octanol–water partition coefficient (Wildman–Crippen LogP) is -1.83. The fourth-order valence-corrected chi connectivity index (χ4v) is 0.553. The van der Waals surface area contributed by atoms with Crippen LogP contribution in [0.4, 0.5) is 17.5 Å². The van der Waals surface area contributed by atoms with E-state index in [9.17, 15) is 5.21 Å². The van der Waals surface area contributed by atoms with E-state index >= 15 is 0 Å². The number of anilines is 3. The van der Waals surface area contributed by atoms with Crippen molar-refractivity contribution >= 4 is 17.5 Å². The van der Waals surface area contributed by atoms with E-state index < -0.39 is 11.7 Å². The lowest BCUT2D eigenvalue weighted by molar-refractivity contribution is -0.574. The Hall–Kier alpha value is -1.92. The van der Waals surface area contributed by atoms with Crippen molar-refractivity contribution in [1.29, 1.82) is 0 Å². The number of aromatic hydroxyl groups is 1. The van der Waals surface area contributed by atoms with Crippen LogP contribution in [0.25, 0.3) is 0 Å². The van der Waals surface area contributed by atoms with Crippen LogP contribution in [0, 0.1) is 5.21 Å². The molecule has 0 fully saturated rings. The van der Waals surface area contributed by atoms with Crippen molar-refractivity contribution in [1.82, 2.24) is 4.98 Å². The topological polar surface area (TPSA) is 138 Å². The Morgan fingerprint density at radius 2 is 1.82 bits per heavy atom. The van der Waals surface area contributed by atoms with Crippen LogP contribution >= 0.6 is 0 Å². The number of rotatable bonds is 0. The third kappa shape index (κ3) is 0.914. The van der Waals surface area contributed by atoms with Crippen LogP contribution in [0.2, 0.25) is 0 Å². The summed E-state index contributed by atoms with van der Waals surface area (Å²) in [4.78, 5) is 3.30. The minimum absolute atomic E-state index is 0.109. The Morgan fingerprint density at radius 1 is 1.27 bits per heavy atom. The number of aromatic nitrogens is 2. The Balaban J connectivity index is 3.46. The van der Waals surface area contributed by atoms with Gasteiger partial charge in [0, 0.05) is 0 Å². The molecule has 0 radical (unpaired) electrons. The first-order valence-corrected chi connectivity index (χ1v) is 2.67. The normalized spacial score (nSPS) is 9.82. The number of nitrogens with two attached hydrogens (primary N) is 3. The molecule has 0 spiro atoms. The first-order valence-electron chi connectivity index (χ1n) is 2.67. The van der Waals surface area contributed by atoms with Crippen molar-refractivity contribution in [3.05, 3.63) is 5.21 Å². The van der Waals surface area contributed by atoms with Crippen LogP contribution in [0.1, 0.15) is 0 Å². The summed E-state index contributed by atoms with van der Waals surface area (Å²) in [7, 11) is 0. The quantitative estimate of drug-likeness (QED) is 0.258. The molecule has 0 atom stereocenters. The Labute approximate surface area is 61.6 Å². The van der Waals surface area contributed by atoms with Crippen molar-refractivity contribution in [3.63, 3.8) is 0 Å². The van der Waals surface area contributed by atoms with Crippen LogP contribution in [0.15, 0.2) is 0 Å². The van der Waals surface area contributed by atoms with E-state index in [1.807, 2.05) is 0 Å². The third-order valence-electron chi connectivity index (χ3n) is 1.16. The Morgan fingerprint density at radius 3 is 2.36 bits per heavy atom. The van der Waals surface area contributed by atoms with Crippen molar-refractivity contribution in [3.8, 4) is 5.88 Å². The zero-order valence-corrected chi connectivity index (χ0v) is 5.48. The molecule has 7 N–H and O–H groups in total. The van der Waals surface area contributed by atoms with Gasteiger partial charge < -0.3 is 27.5 Å². The number of hydrogen-bond donors (Lipinski definition) is 4. The highest BCUT2D eigenvalue weighted by atomic mass is 16.5. The van der Waals surface area contributed by atoms with Gasteiger partial charge in [0.1, 0.15) is 0 Å². The van der Waals surface area contributed by atoms with E-state index in [0.29, 0.717) is 0 Å². The van der Waals surface area contributed by atoms with E-state index in [1.165, 1.54) is 0 Å². The zero-order valence-electron chi connectivity index (χ0n) is 5.48. The van der Waals surface area contributed by atoms with E-state index in [-0.39, 0.29) is 16.4 Å². The largest absolute Gasteiger partial charge is 0.740 e. The second-order valence-electron chi connectivity index (χ2n) is 1.89. The molecule has 0 bridgehead atoms. The summed E-state index contributed by atoms with van der Waals surface area (Å²) >= 11 is 0. The molecule has 7 heteroatoms. The maximum Gasteiger partial charge on any atom is 0.288 e. The van der Waals surface area contributed by atoms with Gasteiger partial charge in [-0.05, 0) is 0 Å². The molecule has 0 aliphatic heterocycles. The van der Waals surface area contributed by atoms with Crippen molar-refractivity contribution in [2.75, 3.05) is 17.2 Å². The minimum Gasteiger partial charge on any atom is -0.740 e. The molecule has 60 valence electrons. The maximum absolute atomic E-state index is 10.8. The summed E-state index contributed by atoms with van der Waals surface area (Å²) in [5.41, 5.74) is 15.3. The van der Waals surface area contributed by atoms with Gasteiger partial charge in [-0.2, -0.15) is 4.98 Å². The summed E-state index contributed by atoms with van der Waals surface area (Å²) in [6.07, 6.45) is 0. The first kappa shape index (κ1) is 7.19. The standard InChI is InChI=1S/C4H7N5O2/c5-1-2(6)9(11)3(7)4(10)8-1/h6-7H2,(H3,5,8,10). The third-order valence-corrected chi connectivity index (χ3v) is 1.16. The lowest BCUT2D eigenvalue weighted by atomic mass is 10.5. The molecule has 1 aromatic rings. The Bertz CT molecular complexity index is 273. The predicted molar refractivity (Wildman–Crippen MR) is 38.1 cm³/mol. The van der Waals surface area contributed by atoms with Gasteiger partial charge in [0.2, 0.25) is 5.82 Å². The summed E-state index contributed by atoms with van der Waals surface area (Å²) in [5, 5.41) is 19.6. The average molecular weight is 157 g/mol. The summed E-state index contributed by atoms with van der Waals surface area (Å²) < 4.78 is 0.109. The molecule has 7 nitrogen and oxygen atoms in total. The summed E-state index contributed by atoms with van der Waals surface area (Å²) in [6.45, 7) is 0. The molecule has 1 aromatic heterocycles. The van der Waals surface area contributed by atoms with Crippen LogP contribution in [-0.2, 0) is 0 Å². The van der Waals surface area contributed by atoms with E-state index in [0.717, 1.165) is 0 Å². The molecule has 11 heavy (non-hydrogen) atoms. The smallest absolute Gasteiger partial charge is 0.288 e. The highest BCUT2D eigenvalue weighted by Gasteiger charge is 2.11. The molecule has 0 saturated carbocycles. The molecule has 0 aromatic carbocycles. The Kier molecular flexibility index (Phi) is 1.34. The van der Waals surface area contributed by atoms with Crippen LogP contribution in [0.5, 0.6) is 5.88 Å². The lowest BCUT2D eigenvalue weighted by Gasteiger charge is -2.10. The molecule has 0 unspecified atom stereocenters. The maximum atomic E-state index is 10.8. The number of hydrogen-bond acceptors (Lipinski definition) is 6. The highest BCUT2D eigenvalue weighted by Crippen LogP contribution is 2.16. The van der Waals surface area contributed by atoms with E-state index in [1.54, 1.807) is 0 Å².